The van der Waals surface area contributed by atoms with Gasteiger partial charge in [-0.25, -0.2) is 15.0 Å². The minimum Gasteiger partial charge on any atom is -0.317 e. The van der Waals surface area contributed by atoms with E-state index in [9.17, 15) is 0 Å². The topological polar surface area (TPSA) is 43.6 Å². The first-order valence-corrected chi connectivity index (χ1v) is 3.86. The molecule has 0 spiro atoms. The second kappa shape index (κ2) is 2.27. The van der Waals surface area contributed by atoms with Crippen molar-refractivity contribution in [1.29, 1.82) is 0 Å². The van der Waals surface area contributed by atoms with Crippen LogP contribution in [0, 0.1) is 0 Å². The van der Waals surface area contributed by atoms with Gasteiger partial charge in [-0.05, 0) is 15.9 Å². The summed E-state index contributed by atoms with van der Waals surface area (Å²) >= 11 is 3.24. The molecule has 2 aromatic heterocycles. The molecule has 56 valence electrons. The Labute approximate surface area is 71.4 Å². The van der Waals surface area contributed by atoms with E-state index in [0.717, 1.165) is 10.3 Å². The second-order valence-corrected chi connectivity index (χ2v) is 3.01. The summed E-state index contributed by atoms with van der Waals surface area (Å²) in [6.07, 6.45) is 3.33. The van der Waals surface area contributed by atoms with Crippen molar-refractivity contribution >= 4 is 27.2 Å². The number of halogens is 1. The third kappa shape index (κ3) is 1.01. The number of aryl methyl sites for hydroxylation is 1. The number of hydrogen-bond acceptors (Lipinski definition) is 3. The molecule has 0 saturated carbocycles. The number of hydrogen-bond donors (Lipinski definition) is 0. The fraction of sp³-hybridized carbons (Fsp3) is 0.167. The fourth-order valence-corrected chi connectivity index (χ4v) is 1.15. The third-order valence-corrected chi connectivity index (χ3v) is 1.78. The van der Waals surface area contributed by atoms with Gasteiger partial charge in [0.2, 0.25) is 0 Å². The van der Waals surface area contributed by atoms with Crippen molar-refractivity contribution < 1.29 is 0 Å². The average molecular weight is 213 g/mol. The van der Waals surface area contributed by atoms with Crippen LogP contribution in [-0.2, 0) is 7.05 Å². The van der Waals surface area contributed by atoms with Crippen molar-refractivity contribution in [3.05, 3.63) is 17.1 Å². The molecule has 0 bridgehead atoms. The van der Waals surface area contributed by atoms with Crippen molar-refractivity contribution in [3.63, 3.8) is 0 Å². The Bertz CT molecular complexity index is 394. The highest BCUT2D eigenvalue weighted by Crippen LogP contribution is 2.09. The van der Waals surface area contributed by atoms with Crippen LogP contribution in [0.25, 0.3) is 11.3 Å². The highest BCUT2D eigenvalue weighted by atomic mass is 79.9. The molecule has 2 heterocycles. The molecule has 0 aromatic carbocycles. The molecule has 0 amide bonds. The van der Waals surface area contributed by atoms with Gasteiger partial charge < -0.3 is 4.57 Å². The molecule has 0 radical (unpaired) electrons. The molecule has 4 nitrogen and oxygen atoms in total. The summed E-state index contributed by atoms with van der Waals surface area (Å²) in [5.74, 6) is 0. The van der Waals surface area contributed by atoms with Gasteiger partial charge in [0.15, 0.2) is 11.3 Å². The molecule has 0 aliphatic carbocycles. The first-order chi connectivity index (χ1) is 5.27. The first kappa shape index (κ1) is 6.72. The van der Waals surface area contributed by atoms with E-state index in [1.54, 1.807) is 12.5 Å². The normalized spacial score (nSPS) is 10.7. The average Bonchev–Trinajstić information content (AvgIpc) is 2.33. The summed E-state index contributed by atoms with van der Waals surface area (Å²) < 4.78 is 2.56. The monoisotopic (exact) mass is 212 g/mol. The Morgan fingerprint density at radius 2 is 2.27 bits per heavy atom. The Hall–Kier alpha value is -0.970. The van der Waals surface area contributed by atoms with Gasteiger partial charge in [-0.2, -0.15) is 0 Å². The number of nitrogens with zero attached hydrogens (tertiary/aromatic N) is 4. The molecule has 2 rings (SSSR count). The highest BCUT2D eigenvalue weighted by molar-refractivity contribution is 9.10. The van der Waals surface area contributed by atoms with Gasteiger partial charge in [0.1, 0.15) is 4.60 Å². The minimum absolute atomic E-state index is 0.677. The van der Waals surface area contributed by atoms with Gasteiger partial charge in [-0.1, -0.05) is 0 Å². The standard InChI is InChI=1S/C6H5BrN4/c1-11-3-9-5-6(11)10-4(7)2-8-5/h2-3H,1H3. The van der Waals surface area contributed by atoms with Crippen LogP contribution in [0.1, 0.15) is 0 Å². The largest absolute Gasteiger partial charge is 0.317 e. The Morgan fingerprint density at radius 1 is 1.45 bits per heavy atom. The van der Waals surface area contributed by atoms with Crippen molar-refractivity contribution in [2.24, 2.45) is 7.05 Å². The zero-order chi connectivity index (χ0) is 7.84. The van der Waals surface area contributed by atoms with Gasteiger partial charge in [0, 0.05) is 7.05 Å². The third-order valence-electron chi connectivity index (χ3n) is 1.39. The van der Waals surface area contributed by atoms with E-state index in [1.165, 1.54) is 0 Å². The van der Waals surface area contributed by atoms with Crippen LogP contribution < -0.4 is 0 Å². The molecule has 0 unspecified atom stereocenters. The van der Waals surface area contributed by atoms with E-state index in [4.69, 9.17) is 0 Å². The fourth-order valence-electron chi connectivity index (χ4n) is 0.876. The van der Waals surface area contributed by atoms with E-state index < -0.39 is 0 Å². The van der Waals surface area contributed by atoms with Crippen LogP contribution in [0.15, 0.2) is 17.1 Å². The molecule has 2 aromatic rings. The molecule has 5 heteroatoms. The number of aromatic nitrogens is 4. The second-order valence-electron chi connectivity index (χ2n) is 2.20. The van der Waals surface area contributed by atoms with Crippen LogP contribution in [0.2, 0.25) is 0 Å². The highest BCUT2D eigenvalue weighted by Gasteiger charge is 2.01. The van der Waals surface area contributed by atoms with Gasteiger partial charge in [0.25, 0.3) is 0 Å². The number of rotatable bonds is 0. The molecule has 11 heavy (non-hydrogen) atoms. The van der Waals surface area contributed by atoms with Crippen LogP contribution in [0.3, 0.4) is 0 Å². The van der Waals surface area contributed by atoms with Crippen molar-refractivity contribution in [1.82, 2.24) is 19.5 Å². The lowest BCUT2D eigenvalue weighted by molar-refractivity contribution is 0.928. The van der Waals surface area contributed by atoms with Gasteiger partial charge >= 0.3 is 0 Å². The lowest BCUT2D eigenvalue weighted by Crippen LogP contribution is -1.89. The van der Waals surface area contributed by atoms with E-state index >= 15 is 0 Å². The summed E-state index contributed by atoms with van der Waals surface area (Å²) in [4.78, 5) is 12.3. The summed E-state index contributed by atoms with van der Waals surface area (Å²) in [5.41, 5.74) is 1.47. The summed E-state index contributed by atoms with van der Waals surface area (Å²) in [6.45, 7) is 0. The SMILES string of the molecule is Cn1cnc2ncc(Br)nc21. The molecular formula is C6H5BrN4. The zero-order valence-electron chi connectivity index (χ0n) is 5.82. The Morgan fingerprint density at radius 3 is 3.09 bits per heavy atom. The maximum Gasteiger partial charge on any atom is 0.197 e. The maximum atomic E-state index is 4.19. The quantitative estimate of drug-likeness (QED) is 0.658. The van der Waals surface area contributed by atoms with Crippen LogP contribution in [0.4, 0.5) is 0 Å². The smallest absolute Gasteiger partial charge is 0.197 e. The lowest BCUT2D eigenvalue weighted by Gasteiger charge is -1.91. The summed E-state index contributed by atoms with van der Waals surface area (Å²) in [5, 5.41) is 0. The van der Waals surface area contributed by atoms with E-state index in [0.29, 0.717) is 5.65 Å². The van der Waals surface area contributed by atoms with Gasteiger partial charge in [-0.15, -0.1) is 0 Å². The minimum atomic E-state index is 0.677. The summed E-state index contributed by atoms with van der Waals surface area (Å²) in [6, 6.07) is 0. The number of fused-ring (bicyclic) bond motifs is 1. The molecular weight excluding hydrogens is 208 g/mol. The van der Waals surface area contributed by atoms with E-state index in [-0.39, 0.29) is 0 Å². The molecule has 0 N–H and O–H groups in total. The van der Waals surface area contributed by atoms with Crippen LogP contribution >= 0.6 is 15.9 Å². The molecule has 0 fully saturated rings. The maximum absolute atomic E-state index is 4.19. The predicted molar refractivity (Wildman–Crippen MR) is 44.0 cm³/mol. The lowest BCUT2D eigenvalue weighted by atomic mass is 10.7. The van der Waals surface area contributed by atoms with E-state index in [2.05, 4.69) is 30.9 Å². The van der Waals surface area contributed by atoms with Crippen molar-refractivity contribution in [2.45, 2.75) is 0 Å². The van der Waals surface area contributed by atoms with Crippen molar-refractivity contribution in [3.8, 4) is 0 Å². The molecule has 0 saturated heterocycles. The Kier molecular flexibility index (Phi) is 1.38. The van der Waals surface area contributed by atoms with Crippen LogP contribution in [0.5, 0.6) is 0 Å². The van der Waals surface area contributed by atoms with Gasteiger partial charge in [0.05, 0.1) is 12.5 Å². The predicted octanol–water partition coefficient (Wildman–Crippen LogP) is 1.13. The van der Waals surface area contributed by atoms with Crippen LogP contribution in [-0.4, -0.2) is 19.5 Å². The molecule has 0 aliphatic rings. The zero-order valence-corrected chi connectivity index (χ0v) is 7.41. The first-order valence-electron chi connectivity index (χ1n) is 3.07. The Balaban J connectivity index is 2.87. The van der Waals surface area contributed by atoms with Gasteiger partial charge in [-0.3, -0.25) is 0 Å². The summed E-state index contributed by atoms with van der Waals surface area (Å²) in [7, 11) is 1.89. The molecule has 0 aliphatic heterocycles. The number of imidazole rings is 1. The van der Waals surface area contributed by atoms with E-state index in [1.807, 2.05) is 11.6 Å². The molecule has 0 atom stereocenters. The van der Waals surface area contributed by atoms with Crippen molar-refractivity contribution in [2.75, 3.05) is 0 Å².